The molecule has 0 saturated heterocycles. The van der Waals surface area contributed by atoms with Crippen LogP contribution in [0.5, 0.6) is 0 Å². The maximum absolute atomic E-state index is 6.03. The number of ether oxygens (including phenoxy) is 1. The normalized spacial score (nSPS) is 10.6. The second-order valence-corrected chi connectivity index (χ2v) is 4.82. The highest BCUT2D eigenvalue weighted by Crippen LogP contribution is 2.23. The Balaban J connectivity index is 1.95. The average molecular weight is 254 g/mol. The van der Waals surface area contributed by atoms with Crippen LogP contribution >= 0.6 is 22.9 Å². The molecule has 2 N–H and O–H groups in total. The van der Waals surface area contributed by atoms with Crippen LogP contribution in [0.15, 0.2) is 35.7 Å². The third-order valence-electron chi connectivity index (χ3n) is 2.23. The molecule has 2 aromatic rings. The van der Waals surface area contributed by atoms with Gasteiger partial charge in [0.1, 0.15) is 0 Å². The quantitative estimate of drug-likeness (QED) is 0.844. The zero-order valence-corrected chi connectivity index (χ0v) is 10.2. The number of halogens is 1. The lowest BCUT2D eigenvalue weighted by atomic mass is 10.2. The first-order valence-corrected chi connectivity index (χ1v) is 6.16. The molecule has 2 rings (SSSR count). The number of hydrogen-bond acceptors (Lipinski definition) is 3. The van der Waals surface area contributed by atoms with Crippen LogP contribution in [0.4, 0.5) is 5.69 Å². The first-order valence-electron chi connectivity index (χ1n) is 4.90. The van der Waals surface area contributed by atoms with Crippen molar-refractivity contribution in [2.24, 2.45) is 0 Å². The molecule has 1 aromatic carbocycles. The molecule has 0 radical (unpaired) electrons. The Kier molecular flexibility index (Phi) is 3.83. The van der Waals surface area contributed by atoms with Crippen molar-refractivity contribution in [3.05, 3.63) is 51.2 Å². The smallest absolute Gasteiger partial charge is 0.0813 e. The molecule has 84 valence electrons. The zero-order chi connectivity index (χ0) is 11.4. The number of benzene rings is 1. The molecule has 0 spiro atoms. The van der Waals surface area contributed by atoms with Crippen molar-refractivity contribution in [2.45, 2.75) is 13.2 Å². The van der Waals surface area contributed by atoms with E-state index in [4.69, 9.17) is 22.1 Å². The van der Waals surface area contributed by atoms with Gasteiger partial charge in [-0.3, -0.25) is 0 Å². The maximum Gasteiger partial charge on any atom is 0.0813 e. The van der Waals surface area contributed by atoms with Gasteiger partial charge in [-0.05, 0) is 23.6 Å². The highest BCUT2D eigenvalue weighted by Gasteiger charge is 2.04. The van der Waals surface area contributed by atoms with Gasteiger partial charge >= 0.3 is 0 Å². The molecule has 0 aliphatic carbocycles. The summed E-state index contributed by atoms with van der Waals surface area (Å²) in [4.78, 5) is 1.20. The Morgan fingerprint density at radius 1 is 1.19 bits per heavy atom. The lowest BCUT2D eigenvalue weighted by molar-refractivity contribution is 0.109. The Morgan fingerprint density at radius 3 is 2.75 bits per heavy atom. The van der Waals surface area contributed by atoms with Crippen molar-refractivity contribution < 1.29 is 4.74 Å². The van der Waals surface area contributed by atoms with E-state index in [1.165, 1.54) is 4.88 Å². The minimum Gasteiger partial charge on any atom is -0.398 e. The topological polar surface area (TPSA) is 35.2 Å². The fourth-order valence-corrected chi connectivity index (χ4v) is 2.25. The van der Waals surface area contributed by atoms with Crippen molar-refractivity contribution in [1.82, 2.24) is 0 Å². The van der Waals surface area contributed by atoms with Crippen LogP contribution in [0.1, 0.15) is 10.4 Å². The van der Waals surface area contributed by atoms with Crippen LogP contribution in [0, 0.1) is 0 Å². The Labute approximate surface area is 104 Å². The van der Waals surface area contributed by atoms with Crippen molar-refractivity contribution in [2.75, 3.05) is 5.73 Å². The molecule has 1 aromatic heterocycles. The molecule has 1 heterocycles. The van der Waals surface area contributed by atoms with Crippen LogP contribution in [0.3, 0.4) is 0 Å². The molecule has 0 unspecified atom stereocenters. The van der Waals surface area contributed by atoms with E-state index in [1.54, 1.807) is 11.3 Å². The van der Waals surface area contributed by atoms with Gasteiger partial charge < -0.3 is 10.5 Å². The monoisotopic (exact) mass is 253 g/mol. The number of hydrogen-bond donors (Lipinski definition) is 1. The van der Waals surface area contributed by atoms with Gasteiger partial charge in [0.05, 0.1) is 13.2 Å². The molecule has 0 fully saturated rings. The molecular weight excluding hydrogens is 242 g/mol. The predicted molar refractivity (Wildman–Crippen MR) is 68.7 cm³/mol. The summed E-state index contributed by atoms with van der Waals surface area (Å²) in [7, 11) is 0. The molecule has 0 amide bonds. The summed E-state index contributed by atoms with van der Waals surface area (Å²) < 4.78 is 5.57. The Hall–Kier alpha value is -1.03. The molecule has 0 saturated carbocycles. The third-order valence-corrected chi connectivity index (χ3v) is 3.43. The highest BCUT2D eigenvalue weighted by molar-refractivity contribution is 7.09. The first-order chi connectivity index (χ1) is 7.77. The Bertz CT molecular complexity index is 436. The van der Waals surface area contributed by atoms with Crippen molar-refractivity contribution >= 4 is 28.6 Å². The van der Waals surface area contributed by atoms with E-state index in [0.717, 1.165) is 5.56 Å². The van der Waals surface area contributed by atoms with Crippen LogP contribution in [0.25, 0.3) is 0 Å². The second kappa shape index (κ2) is 5.34. The summed E-state index contributed by atoms with van der Waals surface area (Å²) in [5.74, 6) is 0. The van der Waals surface area contributed by atoms with Gasteiger partial charge in [-0.15, -0.1) is 11.3 Å². The Morgan fingerprint density at radius 2 is 2.06 bits per heavy atom. The van der Waals surface area contributed by atoms with E-state index in [1.807, 2.05) is 35.7 Å². The summed E-state index contributed by atoms with van der Waals surface area (Å²) in [5.41, 5.74) is 7.36. The fraction of sp³-hybridized carbons (Fsp3) is 0.167. The van der Waals surface area contributed by atoms with Gasteiger partial charge in [0.25, 0.3) is 0 Å². The van der Waals surface area contributed by atoms with Crippen LogP contribution in [0.2, 0.25) is 5.02 Å². The average Bonchev–Trinajstić information content (AvgIpc) is 2.75. The highest BCUT2D eigenvalue weighted by atomic mass is 35.5. The zero-order valence-electron chi connectivity index (χ0n) is 8.65. The van der Waals surface area contributed by atoms with Crippen LogP contribution < -0.4 is 5.73 Å². The van der Waals surface area contributed by atoms with Crippen LogP contribution in [-0.4, -0.2) is 0 Å². The maximum atomic E-state index is 6.03. The van der Waals surface area contributed by atoms with E-state index >= 15 is 0 Å². The molecule has 4 heteroatoms. The minimum absolute atomic E-state index is 0.448. The van der Waals surface area contributed by atoms with Crippen LogP contribution in [-0.2, 0) is 18.0 Å². The van der Waals surface area contributed by atoms with E-state index < -0.39 is 0 Å². The predicted octanol–water partition coefficient (Wildman–Crippen LogP) is 3.70. The summed E-state index contributed by atoms with van der Waals surface area (Å²) in [6.07, 6.45) is 0. The van der Waals surface area contributed by atoms with E-state index in [-0.39, 0.29) is 0 Å². The molecule has 0 atom stereocenters. The van der Waals surface area contributed by atoms with Crippen molar-refractivity contribution in [3.8, 4) is 0 Å². The second-order valence-electron chi connectivity index (χ2n) is 3.38. The van der Waals surface area contributed by atoms with Gasteiger partial charge in [-0.2, -0.15) is 0 Å². The lowest BCUT2D eigenvalue weighted by Gasteiger charge is -2.08. The van der Waals surface area contributed by atoms with E-state index in [9.17, 15) is 0 Å². The molecule has 0 aliphatic heterocycles. The molecule has 16 heavy (non-hydrogen) atoms. The number of nitrogens with two attached hydrogens (primary N) is 1. The standard InChI is InChI=1S/C12H12ClNOS/c13-11-4-1-5-12(14)10(11)8-15-7-9-3-2-6-16-9/h1-6H,7-8,14H2. The van der Waals surface area contributed by atoms with Gasteiger partial charge in [-0.25, -0.2) is 0 Å². The summed E-state index contributed by atoms with van der Waals surface area (Å²) >= 11 is 7.71. The fourth-order valence-electron chi connectivity index (χ4n) is 1.38. The minimum atomic E-state index is 0.448. The van der Waals surface area contributed by atoms with Gasteiger partial charge in [0, 0.05) is 21.2 Å². The largest absolute Gasteiger partial charge is 0.398 e. The molecule has 0 bridgehead atoms. The third kappa shape index (κ3) is 2.76. The SMILES string of the molecule is Nc1cccc(Cl)c1COCc1cccs1. The van der Waals surface area contributed by atoms with Gasteiger partial charge in [-0.1, -0.05) is 23.7 Å². The molecular formula is C12H12ClNOS. The van der Waals surface area contributed by atoms with Gasteiger partial charge in [0.15, 0.2) is 0 Å². The summed E-state index contributed by atoms with van der Waals surface area (Å²) in [5, 5.41) is 2.69. The number of nitrogen functional groups attached to an aromatic ring is 1. The van der Waals surface area contributed by atoms with Crippen molar-refractivity contribution in [3.63, 3.8) is 0 Å². The van der Waals surface area contributed by atoms with E-state index in [0.29, 0.717) is 23.9 Å². The van der Waals surface area contributed by atoms with Gasteiger partial charge in [0.2, 0.25) is 0 Å². The molecule has 2 nitrogen and oxygen atoms in total. The number of anilines is 1. The summed E-state index contributed by atoms with van der Waals surface area (Å²) in [6, 6.07) is 9.53. The van der Waals surface area contributed by atoms with Crippen molar-refractivity contribution in [1.29, 1.82) is 0 Å². The lowest BCUT2D eigenvalue weighted by Crippen LogP contribution is -1.98. The number of rotatable bonds is 4. The number of thiophene rings is 1. The van der Waals surface area contributed by atoms with E-state index in [2.05, 4.69) is 0 Å². The molecule has 0 aliphatic rings. The first kappa shape index (κ1) is 11.5. The summed E-state index contributed by atoms with van der Waals surface area (Å²) in [6.45, 7) is 1.05.